The maximum atomic E-state index is 10.8. The summed E-state index contributed by atoms with van der Waals surface area (Å²) in [6.07, 6.45) is 3.10. The average Bonchev–Trinajstić information content (AvgIpc) is 2.03. The third-order valence-electron chi connectivity index (χ3n) is 1.98. The molecule has 0 aromatic carbocycles. The minimum absolute atomic E-state index is 0. The summed E-state index contributed by atoms with van der Waals surface area (Å²) in [7, 11) is -4.03. The van der Waals surface area contributed by atoms with E-state index in [0.29, 0.717) is 0 Å². The predicted molar refractivity (Wildman–Crippen MR) is 72.5 cm³/mol. The van der Waals surface area contributed by atoms with Crippen LogP contribution in [0.4, 0.5) is 0 Å². The van der Waals surface area contributed by atoms with Crippen LogP contribution in [0.1, 0.15) is 40.0 Å². The van der Waals surface area contributed by atoms with Crippen molar-refractivity contribution in [2.45, 2.75) is 40.0 Å². The van der Waals surface area contributed by atoms with Crippen LogP contribution in [-0.4, -0.2) is 73.5 Å². The molecule has 6 heteroatoms. The van der Waals surface area contributed by atoms with Gasteiger partial charge in [-0.25, -0.2) is 0 Å². The quantitative estimate of drug-likeness (QED) is 0.550. The van der Waals surface area contributed by atoms with E-state index in [4.69, 9.17) is 8.86 Å². The van der Waals surface area contributed by atoms with E-state index >= 15 is 0 Å². The molecule has 0 spiro atoms. The topological polar surface area (TPSA) is 46.5 Å². The van der Waals surface area contributed by atoms with Gasteiger partial charge in [0.05, 0.1) is 0 Å². The van der Waals surface area contributed by atoms with Crippen molar-refractivity contribution >= 4 is 69.9 Å². The van der Waals surface area contributed by atoms with Gasteiger partial charge in [0.15, 0.2) is 0 Å². The maximum absolute atomic E-state index is 10.8. The van der Waals surface area contributed by atoms with Crippen molar-refractivity contribution < 1.29 is 13.4 Å². The summed E-state index contributed by atoms with van der Waals surface area (Å²) >= 11 is 0. The van der Waals surface area contributed by atoms with Crippen LogP contribution in [-0.2, 0) is 8.54 Å². The molecule has 90 valence electrons. The number of hydrogen-bond acceptors (Lipinski definition) is 2. The molecule has 0 fully saturated rings. The monoisotopic (exact) mass is 282 g/mol. The molecule has 1 unspecified atom stereocenters. The zero-order chi connectivity index (χ0) is 11.0. The molecule has 0 amide bonds. The first-order valence-electron chi connectivity index (χ1n) is 5.29. The van der Waals surface area contributed by atoms with Crippen LogP contribution in [0.15, 0.2) is 0 Å². The van der Waals surface area contributed by atoms with Crippen LogP contribution in [0.2, 0.25) is 0 Å². The van der Waals surface area contributed by atoms with Gasteiger partial charge in [0.2, 0.25) is 0 Å². The van der Waals surface area contributed by atoms with Gasteiger partial charge in [-0.3, -0.25) is 8.54 Å². The Hall–Kier alpha value is 2.14. The van der Waals surface area contributed by atoms with E-state index in [9.17, 15) is 4.57 Å². The summed E-state index contributed by atoms with van der Waals surface area (Å²) in [6.45, 7) is 6.31. The molecule has 1 atom stereocenters. The van der Waals surface area contributed by atoms with Crippen molar-refractivity contribution in [3.8, 4) is 0 Å². The fraction of sp³-hybridized carbons (Fsp3) is 1.00. The van der Waals surface area contributed by atoms with Crippen LogP contribution in [0.5, 0.6) is 0 Å². The molecule has 0 aliphatic rings. The van der Waals surface area contributed by atoms with Crippen LogP contribution >= 0.6 is 18.6 Å². The molecule has 0 aromatic rings. The van der Waals surface area contributed by atoms with Gasteiger partial charge < -0.3 is 4.89 Å². The van der Waals surface area contributed by atoms with Gasteiger partial charge in [0.1, 0.15) is 0 Å². The van der Waals surface area contributed by atoms with Crippen LogP contribution in [0.25, 0.3) is 0 Å². The summed E-state index contributed by atoms with van der Waals surface area (Å²) in [5.74, 6) is 2.89. The fourth-order valence-corrected chi connectivity index (χ4v) is 6.75. The molecule has 0 saturated carbocycles. The molecule has 0 radical (unpaired) electrons. The molecule has 0 aliphatic heterocycles. The average molecular weight is 282 g/mol. The molecule has 0 aromatic heterocycles. The molecule has 0 bridgehead atoms. The third-order valence-corrected chi connectivity index (χ3v) is 7.42. The van der Waals surface area contributed by atoms with Gasteiger partial charge in [-0.2, -0.15) is 0 Å². The van der Waals surface area contributed by atoms with Crippen molar-refractivity contribution in [3.63, 3.8) is 0 Å². The second-order valence-corrected chi connectivity index (χ2v) is 7.78. The van der Waals surface area contributed by atoms with Crippen LogP contribution in [0, 0.1) is 0 Å². The normalized spacial score (nSPS) is 14.4. The van der Waals surface area contributed by atoms with Gasteiger partial charge in [-0.1, -0.05) is 20.8 Å². The van der Waals surface area contributed by atoms with E-state index in [1.165, 1.54) is 0 Å². The molecule has 0 saturated heterocycles. The van der Waals surface area contributed by atoms with Crippen LogP contribution in [0.3, 0.4) is 0 Å². The van der Waals surface area contributed by atoms with E-state index in [0.717, 1.165) is 36.5 Å². The molecular weight excluding hydrogens is 258 g/mol. The third kappa shape index (κ3) is 8.81. The summed E-state index contributed by atoms with van der Waals surface area (Å²) in [4.78, 5) is 8.91. The van der Waals surface area contributed by atoms with E-state index in [1.54, 1.807) is 0 Å². The Kier molecular flexibility index (Phi) is 14.6. The second kappa shape index (κ2) is 11.2. The van der Waals surface area contributed by atoms with Crippen molar-refractivity contribution in [2.24, 2.45) is 0 Å². The van der Waals surface area contributed by atoms with E-state index < -0.39 is 18.6 Å². The first kappa shape index (κ1) is 19.5. The van der Waals surface area contributed by atoms with Gasteiger partial charge in [0.25, 0.3) is 0 Å². The summed E-state index contributed by atoms with van der Waals surface area (Å²) in [5.41, 5.74) is 0. The molecule has 0 aliphatic carbocycles. The van der Waals surface area contributed by atoms with Crippen molar-refractivity contribution in [2.75, 3.05) is 17.3 Å². The van der Waals surface area contributed by atoms with Crippen molar-refractivity contribution in [1.29, 1.82) is 0 Å². The van der Waals surface area contributed by atoms with E-state index in [-0.39, 0.29) is 51.4 Å². The molecule has 0 heterocycles. The molecule has 1 N–H and O–H groups in total. The Morgan fingerprint density at radius 1 is 1.07 bits per heavy atom. The SMILES string of the molecule is CCCS(CCC)(CCC)O[PH](=O)O.[KH]. The van der Waals surface area contributed by atoms with Gasteiger partial charge in [-0.15, -0.1) is 10.3 Å². The molecule has 15 heavy (non-hydrogen) atoms. The van der Waals surface area contributed by atoms with E-state index in [2.05, 4.69) is 20.8 Å². The molecular formula is C9H24KO3PS. The Morgan fingerprint density at radius 2 is 1.40 bits per heavy atom. The predicted octanol–water partition coefficient (Wildman–Crippen LogP) is 2.69. The summed E-state index contributed by atoms with van der Waals surface area (Å²) in [6, 6.07) is 0. The Labute approximate surface area is 139 Å². The first-order valence-corrected chi connectivity index (χ1v) is 8.61. The number of hydrogen-bond donors (Lipinski definition) is 1. The zero-order valence-electron chi connectivity index (χ0n) is 9.41. The Bertz CT molecular complexity index is 164. The Morgan fingerprint density at radius 3 is 1.60 bits per heavy atom. The minimum atomic E-state index is -2.77. The van der Waals surface area contributed by atoms with Crippen molar-refractivity contribution in [1.82, 2.24) is 0 Å². The summed E-state index contributed by atoms with van der Waals surface area (Å²) < 4.78 is 16.2. The first-order chi connectivity index (χ1) is 6.60. The summed E-state index contributed by atoms with van der Waals surface area (Å²) in [5, 5.41) is 0. The van der Waals surface area contributed by atoms with Crippen molar-refractivity contribution in [3.05, 3.63) is 0 Å². The van der Waals surface area contributed by atoms with Gasteiger partial charge in [-0.05, 0) is 36.5 Å². The molecule has 0 rings (SSSR count). The second-order valence-electron chi connectivity index (χ2n) is 3.43. The fourth-order valence-electron chi connectivity index (χ4n) is 1.70. The Balaban J connectivity index is 0. The zero-order valence-corrected chi connectivity index (χ0v) is 11.2. The van der Waals surface area contributed by atoms with Gasteiger partial charge >= 0.3 is 59.6 Å². The van der Waals surface area contributed by atoms with Gasteiger partial charge in [0, 0.05) is 0 Å². The number of rotatable bonds is 8. The molecule has 3 nitrogen and oxygen atoms in total. The standard InChI is InChI=1S/C9H23O3PS.K.H/c1-4-7-14(8-5-2,9-6-3)12-13(10)11;;/h13H,4-9H2,1-3H3,(H,10,11);;. The van der Waals surface area contributed by atoms with Crippen LogP contribution < -0.4 is 0 Å². The van der Waals surface area contributed by atoms with E-state index in [1.807, 2.05) is 0 Å².